The quantitative estimate of drug-likeness (QED) is 0.483. The van der Waals surface area contributed by atoms with Gasteiger partial charge in [-0.3, -0.25) is 19.4 Å². The molecule has 4 rings (SSSR count). The number of hydrogen-bond donors (Lipinski definition) is 2. The maximum absolute atomic E-state index is 12.9. The number of hydrogen-bond acceptors (Lipinski definition) is 7. The summed E-state index contributed by atoms with van der Waals surface area (Å²) in [5.74, 6) is -0.991. The van der Waals surface area contributed by atoms with Gasteiger partial charge in [0.15, 0.2) is 11.6 Å². The first kappa shape index (κ1) is 23.6. The van der Waals surface area contributed by atoms with Crippen LogP contribution in [0.15, 0.2) is 51.2 Å². The Morgan fingerprint density at radius 3 is 2.56 bits per heavy atom. The monoisotopic (exact) mass is 464 g/mol. The largest absolute Gasteiger partial charge is 0.511 e. The molecular weight excluding hydrogens is 436 g/mol. The van der Waals surface area contributed by atoms with Gasteiger partial charge >= 0.3 is 5.97 Å². The minimum Gasteiger partial charge on any atom is -0.511 e. The molecule has 34 heavy (non-hydrogen) atoms. The Kier molecular flexibility index (Phi) is 6.50. The minimum atomic E-state index is -1.11. The Labute approximate surface area is 197 Å². The Morgan fingerprint density at radius 2 is 1.85 bits per heavy atom. The van der Waals surface area contributed by atoms with Crippen LogP contribution in [0.3, 0.4) is 0 Å². The van der Waals surface area contributed by atoms with Crippen LogP contribution in [0.4, 0.5) is 0 Å². The van der Waals surface area contributed by atoms with Gasteiger partial charge in [0.1, 0.15) is 18.1 Å². The number of carbonyl (C=O) groups excluding carboxylic acids is 2. The van der Waals surface area contributed by atoms with E-state index in [2.05, 4.69) is 10.1 Å². The fourth-order valence-electron chi connectivity index (χ4n) is 4.85. The fourth-order valence-corrected chi connectivity index (χ4v) is 4.85. The predicted octanol–water partition coefficient (Wildman–Crippen LogP) is 4.25. The van der Waals surface area contributed by atoms with Crippen molar-refractivity contribution in [2.45, 2.75) is 58.3 Å². The molecule has 0 aliphatic heterocycles. The lowest BCUT2D eigenvalue weighted by molar-refractivity contribution is -0.135. The SMILES string of the molecule is CC1(C)CC(=O)C(=C(O)CCc2noc3c2C(=O)CC(c2ccccc2)C3)C(=NCC(=O)O)C1. The zero-order valence-electron chi connectivity index (χ0n) is 19.3. The van der Waals surface area contributed by atoms with Gasteiger partial charge in [-0.15, -0.1) is 0 Å². The molecule has 1 heterocycles. The second-order valence-corrected chi connectivity index (χ2v) is 9.79. The highest BCUT2D eigenvalue weighted by Gasteiger charge is 2.37. The van der Waals surface area contributed by atoms with Crippen molar-refractivity contribution in [2.75, 3.05) is 6.54 Å². The molecule has 0 amide bonds. The van der Waals surface area contributed by atoms with Gasteiger partial charge in [0, 0.05) is 32.1 Å². The van der Waals surface area contributed by atoms with E-state index in [-0.39, 0.29) is 53.5 Å². The smallest absolute Gasteiger partial charge is 0.325 e. The number of fused-ring (bicyclic) bond motifs is 1. The maximum Gasteiger partial charge on any atom is 0.325 e. The van der Waals surface area contributed by atoms with Crippen LogP contribution in [-0.4, -0.2) is 45.2 Å². The van der Waals surface area contributed by atoms with Gasteiger partial charge in [-0.2, -0.15) is 0 Å². The van der Waals surface area contributed by atoms with Gasteiger partial charge in [-0.05, 0) is 23.3 Å². The van der Waals surface area contributed by atoms with Crippen LogP contribution in [0.25, 0.3) is 0 Å². The molecule has 1 unspecified atom stereocenters. The van der Waals surface area contributed by atoms with E-state index >= 15 is 0 Å². The average molecular weight is 465 g/mol. The van der Waals surface area contributed by atoms with Crippen molar-refractivity contribution in [2.24, 2.45) is 10.4 Å². The van der Waals surface area contributed by atoms with E-state index in [4.69, 9.17) is 9.63 Å². The van der Waals surface area contributed by atoms with Crippen LogP contribution in [0.1, 0.15) is 72.8 Å². The van der Waals surface area contributed by atoms with Gasteiger partial charge in [0.05, 0.1) is 22.5 Å². The van der Waals surface area contributed by atoms with Crippen molar-refractivity contribution in [1.82, 2.24) is 5.16 Å². The average Bonchev–Trinajstić information content (AvgIpc) is 3.19. The number of allylic oxidation sites excluding steroid dienone is 2. The topological polar surface area (TPSA) is 130 Å². The fraction of sp³-hybridized carbons (Fsp3) is 0.423. The molecule has 2 aliphatic carbocycles. The maximum atomic E-state index is 12.9. The lowest BCUT2D eigenvalue weighted by atomic mass is 9.73. The third-order valence-corrected chi connectivity index (χ3v) is 6.39. The molecule has 2 aliphatic rings. The summed E-state index contributed by atoms with van der Waals surface area (Å²) in [6, 6.07) is 9.81. The lowest BCUT2D eigenvalue weighted by Gasteiger charge is -2.31. The summed E-state index contributed by atoms with van der Waals surface area (Å²) in [5.41, 5.74) is 2.05. The third kappa shape index (κ3) is 5.00. The summed E-state index contributed by atoms with van der Waals surface area (Å²) in [4.78, 5) is 40.8. The molecule has 2 aromatic rings. The second-order valence-electron chi connectivity index (χ2n) is 9.79. The molecule has 2 N–H and O–H groups in total. The lowest BCUT2D eigenvalue weighted by Crippen LogP contribution is -2.33. The number of benzene rings is 1. The molecule has 1 aromatic heterocycles. The molecule has 0 bridgehead atoms. The number of aliphatic carboxylic acids is 1. The molecule has 1 aromatic carbocycles. The van der Waals surface area contributed by atoms with Gasteiger partial charge in [-0.25, -0.2) is 0 Å². The molecule has 0 spiro atoms. The highest BCUT2D eigenvalue weighted by molar-refractivity contribution is 6.24. The third-order valence-electron chi connectivity index (χ3n) is 6.39. The highest BCUT2D eigenvalue weighted by atomic mass is 16.5. The van der Waals surface area contributed by atoms with Gasteiger partial charge in [0.2, 0.25) is 0 Å². The van der Waals surface area contributed by atoms with Crippen LogP contribution in [0.2, 0.25) is 0 Å². The Bertz CT molecular complexity index is 1190. The van der Waals surface area contributed by atoms with Crippen LogP contribution in [0, 0.1) is 5.41 Å². The summed E-state index contributed by atoms with van der Waals surface area (Å²) >= 11 is 0. The Balaban J connectivity index is 1.54. The van der Waals surface area contributed by atoms with Crippen molar-refractivity contribution in [3.05, 3.63) is 64.2 Å². The van der Waals surface area contributed by atoms with Gasteiger partial charge in [-0.1, -0.05) is 49.3 Å². The number of Topliss-reactive ketones (excluding diaryl/α,β-unsaturated/α-hetero) is 2. The van der Waals surface area contributed by atoms with Crippen LogP contribution >= 0.6 is 0 Å². The zero-order valence-corrected chi connectivity index (χ0v) is 19.3. The molecule has 178 valence electrons. The van der Waals surface area contributed by atoms with Gasteiger partial charge < -0.3 is 14.7 Å². The summed E-state index contributed by atoms with van der Waals surface area (Å²) in [5, 5.41) is 23.9. The van der Waals surface area contributed by atoms with E-state index in [9.17, 15) is 19.5 Å². The number of carbonyl (C=O) groups is 3. The molecule has 8 nitrogen and oxygen atoms in total. The number of aromatic nitrogens is 1. The van der Waals surface area contributed by atoms with Crippen molar-refractivity contribution in [3.8, 4) is 0 Å². The number of ketones is 2. The van der Waals surface area contributed by atoms with E-state index in [0.29, 0.717) is 42.0 Å². The summed E-state index contributed by atoms with van der Waals surface area (Å²) in [6.07, 6.45) is 1.85. The Hall–Kier alpha value is -3.55. The zero-order chi connectivity index (χ0) is 24.5. The summed E-state index contributed by atoms with van der Waals surface area (Å²) < 4.78 is 5.50. The van der Waals surface area contributed by atoms with E-state index in [1.807, 2.05) is 44.2 Å². The first-order valence-corrected chi connectivity index (χ1v) is 11.4. The van der Waals surface area contributed by atoms with Crippen molar-refractivity contribution in [1.29, 1.82) is 0 Å². The van der Waals surface area contributed by atoms with E-state index in [1.165, 1.54) is 0 Å². The molecule has 1 saturated carbocycles. The first-order valence-electron chi connectivity index (χ1n) is 11.4. The molecule has 1 atom stereocenters. The van der Waals surface area contributed by atoms with Crippen molar-refractivity contribution in [3.63, 3.8) is 0 Å². The molecule has 0 radical (unpaired) electrons. The van der Waals surface area contributed by atoms with Crippen molar-refractivity contribution < 1.29 is 29.1 Å². The van der Waals surface area contributed by atoms with Crippen LogP contribution in [-0.2, 0) is 22.4 Å². The molecular formula is C26H28N2O6. The normalized spacial score (nSPS) is 22.5. The number of aliphatic hydroxyl groups is 1. The predicted molar refractivity (Wildman–Crippen MR) is 124 cm³/mol. The van der Waals surface area contributed by atoms with E-state index in [1.54, 1.807) is 0 Å². The number of nitrogens with zero attached hydrogens (tertiary/aromatic N) is 2. The summed E-state index contributed by atoms with van der Waals surface area (Å²) in [7, 11) is 0. The van der Waals surface area contributed by atoms with Crippen molar-refractivity contribution >= 4 is 23.2 Å². The number of aliphatic hydroxyl groups excluding tert-OH is 1. The Morgan fingerprint density at radius 1 is 1.12 bits per heavy atom. The van der Waals surface area contributed by atoms with E-state index < -0.39 is 12.5 Å². The summed E-state index contributed by atoms with van der Waals surface area (Å²) in [6.45, 7) is 3.35. The highest BCUT2D eigenvalue weighted by Crippen LogP contribution is 2.37. The van der Waals surface area contributed by atoms with Crippen LogP contribution in [0.5, 0.6) is 0 Å². The number of carboxylic acid groups (broad SMARTS) is 1. The first-order chi connectivity index (χ1) is 16.1. The number of rotatable bonds is 6. The van der Waals surface area contributed by atoms with Crippen LogP contribution < -0.4 is 0 Å². The number of aliphatic imine (C=N–C) groups is 1. The van der Waals surface area contributed by atoms with E-state index in [0.717, 1.165) is 5.56 Å². The molecule has 1 fully saturated rings. The molecule has 0 saturated heterocycles. The number of carboxylic acids is 1. The number of aryl methyl sites for hydroxylation is 1. The minimum absolute atomic E-state index is 0.0359. The standard InChI is InChI=1S/C26H28N2O6/c1-26(2)12-18(27-14-23(32)33)24(21(31)13-26)19(29)9-8-17-25-20(30)10-16(11-22(25)34-28-17)15-6-4-3-5-7-15/h3-7,16,29H,8-14H2,1-2H3,(H,32,33). The molecule has 8 heteroatoms. The van der Waals surface area contributed by atoms with Gasteiger partial charge in [0.25, 0.3) is 0 Å². The second kappa shape index (κ2) is 9.37.